The minimum Gasteiger partial charge on any atom is -0.308 e. The largest absolute Gasteiger partial charge is 0.308 e. The van der Waals surface area contributed by atoms with E-state index in [0.29, 0.717) is 5.56 Å². The smallest absolute Gasteiger partial charge is 0.180 e. The average Bonchev–Trinajstić information content (AvgIpc) is 3.48. The molecule has 0 radical (unpaired) electrons. The van der Waals surface area contributed by atoms with E-state index in [4.69, 9.17) is 0 Å². The molecule has 0 aliphatic heterocycles. The molecule has 46 heavy (non-hydrogen) atoms. The highest BCUT2D eigenvalue weighted by atomic mass is 28.3. The molecule has 216 valence electrons. The van der Waals surface area contributed by atoms with Crippen molar-refractivity contribution in [2.75, 3.05) is 0 Å². The first-order valence-electron chi connectivity index (χ1n) is 15.6. The molecule has 0 atom stereocenters. The molecule has 0 fully saturated rings. The zero-order chi connectivity index (χ0) is 30.9. The van der Waals surface area contributed by atoms with Crippen molar-refractivity contribution >= 4 is 50.6 Å². The molecule has 0 N–H and O–H groups in total. The van der Waals surface area contributed by atoms with Gasteiger partial charge in [0.2, 0.25) is 0 Å². The Morgan fingerprint density at radius 2 is 0.913 bits per heavy atom. The first-order valence-corrected chi connectivity index (χ1v) is 17.6. The van der Waals surface area contributed by atoms with Gasteiger partial charge in [0.25, 0.3) is 0 Å². The van der Waals surface area contributed by atoms with Gasteiger partial charge in [-0.05, 0) is 56.1 Å². The number of benzene rings is 7. The molecule has 0 saturated carbocycles. The van der Waals surface area contributed by atoms with E-state index in [1.807, 2.05) is 6.07 Å². The summed E-state index contributed by atoms with van der Waals surface area (Å²) in [7, 11) is -2.79. The summed E-state index contributed by atoms with van der Waals surface area (Å²) in [6, 6.07) is 67.7. The molecule has 3 heteroatoms. The zero-order valence-corrected chi connectivity index (χ0v) is 26.2. The SMILES string of the molecule is N#Cc1ccc(-c2ccccc2[Si](c2ccccc2)(c2ccccc2)c2ccccc2)cc1-n1c2ccccc2c2ccccc21. The van der Waals surface area contributed by atoms with Crippen LogP contribution in [0.5, 0.6) is 0 Å². The van der Waals surface area contributed by atoms with E-state index in [2.05, 4.69) is 187 Å². The van der Waals surface area contributed by atoms with Crippen LogP contribution in [-0.2, 0) is 0 Å². The summed E-state index contributed by atoms with van der Waals surface area (Å²) < 4.78 is 2.26. The summed E-state index contributed by atoms with van der Waals surface area (Å²) in [5.74, 6) is 0. The number of rotatable bonds is 6. The molecular formula is C43H30N2Si. The van der Waals surface area contributed by atoms with Crippen LogP contribution in [0, 0.1) is 11.3 Å². The number of para-hydroxylation sites is 2. The highest BCUT2D eigenvalue weighted by molar-refractivity contribution is 7.20. The second-order valence-electron chi connectivity index (χ2n) is 11.6. The highest BCUT2D eigenvalue weighted by Gasteiger charge is 2.42. The standard InChI is InChI=1S/C43H30N2Si/c44-31-33-29-28-32(30-42(33)45-40-25-13-10-23-38(40)39-24-11-14-26-41(39)45)37-22-12-15-27-43(37)46(34-16-4-1-5-17-34,35-18-6-2-7-19-35)36-20-8-3-9-21-36/h1-30H. The van der Waals surface area contributed by atoms with Crippen LogP contribution in [0.3, 0.4) is 0 Å². The third kappa shape index (κ3) is 4.31. The van der Waals surface area contributed by atoms with Crippen LogP contribution in [0.15, 0.2) is 182 Å². The zero-order valence-electron chi connectivity index (χ0n) is 25.2. The molecule has 2 nitrogen and oxygen atoms in total. The quantitative estimate of drug-likeness (QED) is 0.142. The maximum absolute atomic E-state index is 10.4. The fourth-order valence-corrected chi connectivity index (χ4v) is 12.2. The first-order chi connectivity index (χ1) is 22.8. The van der Waals surface area contributed by atoms with Crippen molar-refractivity contribution in [1.82, 2.24) is 4.57 Å². The summed E-state index contributed by atoms with van der Waals surface area (Å²) >= 11 is 0. The lowest BCUT2D eigenvalue weighted by Crippen LogP contribution is -2.75. The predicted octanol–water partition coefficient (Wildman–Crippen LogP) is 7.70. The first kappa shape index (κ1) is 27.6. The van der Waals surface area contributed by atoms with Gasteiger partial charge in [0.1, 0.15) is 6.07 Å². The monoisotopic (exact) mass is 602 g/mol. The molecule has 0 amide bonds. The van der Waals surface area contributed by atoms with E-state index in [-0.39, 0.29) is 0 Å². The van der Waals surface area contributed by atoms with Crippen LogP contribution in [0.25, 0.3) is 38.6 Å². The molecule has 0 saturated heterocycles. The van der Waals surface area contributed by atoms with Crippen molar-refractivity contribution < 1.29 is 0 Å². The van der Waals surface area contributed by atoms with Gasteiger partial charge >= 0.3 is 0 Å². The van der Waals surface area contributed by atoms with Gasteiger partial charge in [0, 0.05) is 10.8 Å². The van der Waals surface area contributed by atoms with Gasteiger partial charge in [-0.1, -0.05) is 158 Å². The predicted molar refractivity (Wildman–Crippen MR) is 195 cm³/mol. The van der Waals surface area contributed by atoms with E-state index in [1.165, 1.54) is 37.1 Å². The van der Waals surface area contributed by atoms with Crippen LogP contribution < -0.4 is 20.7 Å². The Hall–Kier alpha value is -5.95. The molecule has 0 aliphatic carbocycles. The van der Waals surface area contributed by atoms with E-state index < -0.39 is 8.07 Å². The van der Waals surface area contributed by atoms with Gasteiger partial charge in [-0.2, -0.15) is 5.26 Å². The van der Waals surface area contributed by atoms with Crippen molar-refractivity contribution in [3.05, 3.63) is 188 Å². The van der Waals surface area contributed by atoms with Crippen molar-refractivity contribution in [2.24, 2.45) is 0 Å². The summed E-state index contributed by atoms with van der Waals surface area (Å²) in [6.07, 6.45) is 0. The van der Waals surface area contributed by atoms with Gasteiger partial charge in [-0.3, -0.25) is 0 Å². The van der Waals surface area contributed by atoms with E-state index in [0.717, 1.165) is 22.3 Å². The number of hydrogen-bond acceptors (Lipinski definition) is 1. The number of hydrogen-bond donors (Lipinski definition) is 0. The lowest BCUT2D eigenvalue weighted by atomic mass is 10.0. The van der Waals surface area contributed by atoms with Crippen LogP contribution in [0.1, 0.15) is 5.56 Å². The third-order valence-corrected chi connectivity index (χ3v) is 14.0. The summed E-state index contributed by atoms with van der Waals surface area (Å²) in [5.41, 5.74) is 5.98. The second kappa shape index (κ2) is 11.5. The molecular weight excluding hydrogens is 573 g/mol. The molecule has 0 aliphatic rings. The molecule has 8 rings (SSSR count). The molecule has 1 heterocycles. The van der Waals surface area contributed by atoms with Crippen LogP contribution in [-0.4, -0.2) is 12.6 Å². The molecule has 1 aromatic heterocycles. The second-order valence-corrected chi connectivity index (χ2v) is 15.4. The fourth-order valence-electron chi connectivity index (χ4n) is 7.25. The Labute approximate surface area is 270 Å². The number of nitriles is 1. The minimum absolute atomic E-state index is 0.644. The van der Waals surface area contributed by atoms with Crippen LogP contribution >= 0.6 is 0 Å². The van der Waals surface area contributed by atoms with Crippen molar-refractivity contribution in [3.8, 4) is 22.9 Å². The number of aromatic nitrogens is 1. The fraction of sp³-hybridized carbons (Fsp3) is 0. The Bertz CT molecular complexity index is 2220. The van der Waals surface area contributed by atoms with Crippen LogP contribution in [0.4, 0.5) is 0 Å². The summed E-state index contributed by atoms with van der Waals surface area (Å²) in [6.45, 7) is 0. The topological polar surface area (TPSA) is 28.7 Å². The number of fused-ring (bicyclic) bond motifs is 3. The Kier molecular flexibility index (Phi) is 6.91. The van der Waals surface area contributed by atoms with Gasteiger partial charge in [-0.15, -0.1) is 0 Å². The Balaban J connectivity index is 1.45. The van der Waals surface area contributed by atoms with Gasteiger partial charge < -0.3 is 4.57 Å². The van der Waals surface area contributed by atoms with E-state index in [9.17, 15) is 5.26 Å². The van der Waals surface area contributed by atoms with Crippen LogP contribution in [0.2, 0.25) is 0 Å². The van der Waals surface area contributed by atoms with E-state index >= 15 is 0 Å². The normalized spacial score (nSPS) is 11.5. The molecule has 0 spiro atoms. The highest BCUT2D eigenvalue weighted by Crippen LogP contribution is 2.34. The third-order valence-electron chi connectivity index (χ3n) is 9.20. The van der Waals surface area contributed by atoms with Gasteiger partial charge in [0.05, 0.1) is 22.3 Å². The number of nitrogens with zero attached hydrogens (tertiary/aromatic N) is 2. The minimum atomic E-state index is -2.79. The lowest BCUT2D eigenvalue weighted by molar-refractivity contribution is 1.17. The lowest BCUT2D eigenvalue weighted by Gasteiger charge is -2.36. The van der Waals surface area contributed by atoms with Gasteiger partial charge in [-0.25, -0.2) is 0 Å². The molecule has 8 aromatic rings. The van der Waals surface area contributed by atoms with Crippen molar-refractivity contribution in [3.63, 3.8) is 0 Å². The van der Waals surface area contributed by atoms with Crippen molar-refractivity contribution in [1.29, 1.82) is 5.26 Å². The Morgan fingerprint density at radius 3 is 1.43 bits per heavy atom. The summed E-state index contributed by atoms with van der Waals surface area (Å²) in [4.78, 5) is 0. The Morgan fingerprint density at radius 1 is 0.457 bits per heavy atom. The molecule has 0 unspecified atom stereocenters. The van der Waals surface area contributed by atoms with Crippen molar-refractivity contribution in [2.45, 2.75) is 0 Å². The van der Waals surface area contributed by atoms with Gasteiger partial charge in [0.15, 0.2) is 8.07 Å². The van der Waals surface area contributed by atoms with E-state index in [1.54, 1.807) is 0 Å². The molecule has 0 bridgehead atoms. The molecule has 7 aromatic carbocycles. The summed E-state index contributed by atoms with van der Waals surface area (Å²) in [5, 5.41) is 18.1. The maximum Gasteiger partial charge on any atom is 0.180 e. The average molecular weight is 603 g/mol. The maximum atomic E-state index is 10.4.